The second-order valence-corrected chi connectivity index (χ2v) is 8.17. The molecule has 122 valence electrons. The van der Waals surface area contributed by atoms with Crippen molar-refractivity contribution in [3.05, 3.63) is 0 Å². The minimum atomic E-state index is -0.702. The molecule has 0 heterocycles. The minimum Gasteiger partial charge on any atom is -0.384 e. The van der Waals surface area contributed by atoms with Gasteiger partial charge >= 0.3 is 0 Å². The monoisotopic (exact) mass is 314 g/mol. The van der Waals surface area contributed by atoms with Gasteiger partial charge < -0.3 is 9.26 Å². The van der Waals surface area contributed by atoms with Crippen molar-refractivity contribution in [2.24, 2.45) is 5.92 Å². The first-order chi connectivity index (χ1) is 10.0. The fourth-order valence-electron chi connectivity index (χ4n) is 3.18. The molecule has 21 heavy (non-hydrogen) atoms. The number of rotatable bonds is 9. The summed E-state index contributed by atoms with van der Waals surface area (Å²) in [6.07, 6.45) is 5.27. The van der Waals surface area contributed by atoms with Crippen LogP contribution in [0.1, 0.15) is 53.4 Å². The van der Waals surface area contributed by atoms with E-state index in [-0.39, 0.29) is 0 Å². The van der Waals surface area contributed by atoms with Crippen LogP contribution in [0.5, 0.6) is 0 Å². The molecule has 0 N–H and O–H groups in total. The molecule has 0 aromatic rings. The molecule has 3 unspecified atom stereocenters. The van der Waals surface area contributed by atoms with E-state index in [9.17, 15) is 0 Å². The van der Waals surface area contributed by atoms with Crippen LogP contribution in [-0.2, 0) is 9.26 Å². The van der Waals surface area contributed by atoms with E-state index in [0.717, 1.165) is 19.2 Å². The highest BCUT2D eigenvalue weighted by Crippen LogP contribution is 2.49. The molecule has 1 aliphatic carbocycles. The highest BCUT2D eigenvalue weighted by molar-refractivity contribution is 7.50. The van der Waals surface area contributed by atoms with Gasteiger partial charge in [0.2, 0.25) is 0 Å². The average Bonchev–Trinajstić information content (AvgIpc) is 2.83. The molecule has 1 fully saturated rings. The Kier molecular flexibility index (Phi) is 8.74. The topological polar surface area (TPSA) is 45.5 Å². The van der Waals surface area contributed by atoms with Gasteiger partial charge in [-0.05, 0) is 40.5 Å². The first kappa shape index (κ1) is 18.8. The maximum Gasteiger partial charge on any atom is 0.106 e. The van der Waals surface area contributed by atoms with Gasteiger partial charge in [-0.2, -0.15) is 5.26 Å². The van der Waals surface area contributed by atoms with Gasteiger partial charge in [-0.3, -0.25) is 4.67 Å². The summed E-state index contributed by atoms with van der Waals surface area (Å²) in [4.78, 5) is 0. The van der Waals surface area contributed by atoms with E-state index in [4.69, 9.17) is 14.5 Å². The summed E-state index contributed by atoms with van der Waals surface area (Å²) in [5, 5.41) is 8.94. The standard InChI is InChI=1S/C16H31N2O2P/c1-13(2)18(14(3)4)21(11-7-10-17)20-16-9-6-8-15(16)12-19-5/h13-16H,6-9,11-12H2,1-5H3. The molecule has 0 aromatic heterocycles. The molecule has 1 rings (SSSR count). The lowest BCUT2D eigenvalue weighted by atomic mass is 10.1. The predicted molar refractivity (Wildman–Crippen MR) is 88.2 cm³/mol. The Hall–Kier alpha value is -0.200. The van der Waals surface area contributed by atoms with Crippen LogP contribution in [0.4, 0.5) is 0 Å². The predicted octanol–water partition coefficient (Wildman–Crippen LogP) is 4.16. The van der Waals surface area contributed by atoms with Crippen molar-refractivity contribution in [1.29, 1.82) is 5.26 Å². The van der Waals surface area contributed by atoms with Crippen LogP contribution in [0, 0.1) is 17.2 Å². The zero-order chi connectivity index (χ0) is 15.8. The quantitative estimate of drug-likeness (QED) is 0.599. The Morgan fingerprint density at radius 3 is 2.43 bits per heavy atom. The Labute approximate surface area is 131 Å². The van der Waals surface area contributed by atoms with Crippen molar-refractivity contribution in [2.45, 2.75) is 71.6 Å². The summed E-state index contributed by atoms with van der Waals surface area (Å²) in [6, 6.07) is 3.16. The highest BCUT2D eigenvalue weighted by atomic mass is 31.2. The molecule has 3 atom stereocenters. The van der Waals surface area contributed by atoms with E-state index >= 15 is 0 Å². The lowest BCUT2D eigenvalue weighted by Gasteiger charge is -2.39. The minimum absolute atomic E-state index is 0.301. The fourth-order valence-corrected chi connectivity index (χ4v) is 5.54. The zero-order valence-corrected chi connectivity index (χ0v) is 15.1. The lowest BCUT2D eigenvalue weighted by molar-refractivity contribution is 0.0823. The van der Waals surface area contributed by atoms with Crippen molar-refractivity contribution in [2.75, 3.05) is 19.9 Å². The van der Waals surface area contributed by atoms with E-state index < -0.39 is 8.30 Å². The third-order valence-electron chi connectivity index (χ3n) is 3.96. The van der Waals surface area contributed by atoms with Gasteiger partial charge in [-0.1, -0.05) is 6.42 Å². The first-order valence-corrected chi connectivity index (χ1v) is 9.49. The average molecular weight is 314 g/mol. The van der Waals surface area contributed by atoms with E-state index in [2.05, 4.69) is 38.4 Å². The van der Waals surface area contributed by atoms with Crippen molar-refractivity contribution in [3.63, 3.8) is 0 Å². The van der Waals surface area contributed by atoms with Gasteiger partial charge in [0.25, 0.3) is 0 Å². The van der Waals surface area contributed by atoms with E-state index in [1.165, 1.54) is 12.8 Å². The summed E-state index contributed by atoms with van der Waals surface area (Å²) >= 11 is 0. The summed E-state index contributed by atoms with van der Waals surface area (Å²) in [5.41, 5.74) is 0. The van der Waals surface area contributed by atoms with Crippen LogP contribution in [0.3, 0.4) is 0 Å². The molecule has 0 spiro atoms. The first-order valence-electron chi connectivity index (χ1n) is 8.09. The second kappa shape index (κ2) is 9.74. The lowest BCUT2D eigenvalue weighted by Crippen LogP contribution is -2.35. The number of methoxy groups -OCH3 is 1. The molecule has 0 aromatic carbocycles. The van der Waals surface area contributed by atoms with Crippen LogP contribution in [0.25, 0.3) is 0 Å². The Bertz CT molecular complexity index is 323. The van der Waals surface area contributed by atoms with Gasteiger partial charge in [0.15, 0.2) is 0 Å². The second-order valence-electron chi connectivity index (χ2n) is 6.34. The van der Waals surface area contributed by atoms with Crippen LogP contribution in [-0.4, -0.2) is 42.7 Å². The fraction of sp³-hybridized carbons (Fsp3) is 0.938. The molecule has 1 saturated carbocycles. The number of nitrogens with zero attached hydrogens (tertiary/aromatic N) is 2. The maximum absolute atomic E-state index is 8.94. The molecule has 0 saturated heterocycles. The molecule has 0 amide bonds. The van der Waals surface area contributed by atoms with Gasteiger partial charge in [-0.25, -0.2) is 0 Å². The highest BCUT2D eigenvalue weighted by Gasteiger charge is 2.33. The van der Waals surface area contributed by atoms with E-state index in [1.807, 2.05) is 0 Å². The molecular weight excluding hydrogens is 283 g/mol. The van der Waals surface area contributed by atoms with Gasteiger partial charge in [0.1, 0.15) is 8.30 Å². The van der Waals surface area contributed by atoms with Crippen molar-refractivity contribution in [3.8, 4) is 6.07 Å². The van der Waals surface area contributed by atoms with Crippen LogP contribution in [0.2, 0.25) is 0 Å². The molecule has 0 bridgehead atoms. The largest absolute Gasteiger partial charge is 0.384 e. The number of nitriles is 1. The Morgan fingerprint density at radius 1 is 1.24 bits per heavy atom. The molecular formula is C16H31N2O2P. The van der Waals surface area contributed by atoms with Crippen LogP contribution in [0.15, 0.2) is 0 Å². The van der Waals surface area contributed by atoms with E-state index in [0.29, 0.717) is 30.5 Å². The van der Waals surface area contributed by atoms with Crippen molar-refractivity contribution >= 4 is 8.30 Å². The molecule has 0 aliphatic heterocycles. The van der Waals surface area contributed by atoms with Gasteiger partial charge in [-0.15, -0.1) is 0 Å². The smallest absolute Gasteiger partial charge is 0.106 e. The molecule has 5 heteroatoms. The van der Waals surface area contributed by atoms with Crippen molar-refractivity contribution < 1.29 is 9.26 Å². The van der Waals surface area contributed by atoms with E-state index in [1.54, 1.807) is 7.11 Å². The Morgan fingerprint density at radius 2 is 1.90 bits per heavy atom. The summed E-state index contributed by atoms with van der Waals surface area (Å²) < 4.78 is 14.3. The molecule has 4 nitrogen and oxygen atoms in total. The summed E-state index contributed by atoms with van der Waals surface area (Å²) in [5.74, 6) is 0.517. The number of hydrogen-bond acceptors (Lipinski definition) is 4. The number of hydrogen-bond donors (Lipinski definition) is 0. The SMILES string of the molecule is COCC1CCCC1OP(CCC#N)N(C(C)C)C(C)C. The van der Waals surface area contributed by atoms with Crippen LogP contribution < -0.4 is 0 Å². The molecule has 1 aliphatic rings. The zero-order valence-electron chi connectivity index (χ0n) is 14.2. The third kappa shape index (κ3) is 5.83. The van der Waals surface area contributed by atoms with Gasteiger partial charge in [0, 0.05) is 37.7 Å². The maximum atomic E-state index is 8.94. The normalized spacial score (nSPS) is 24.0. The summed E-state index contributed by atoms with van der Waals surface area (Å²) in [6.45, 7) is 9.65. The molecule has 0 radical (unpaired) electrons. The van der Waals surface area contributed by atoms with Gasteiger partial charge in [0.05, 0.1) is 18.8 Å². The van der Waals surface area contributed by atoms with Crippen molar-refractivity contribution in [1.82, 2.24) is 4.67 Å². The summed E-state index contributed by atoms with van der Waals surface area (Å²) in [7, 11) is 1.06. The Balaban J connectivity index is 2.74. The third-order valence-corrected chi connectivity index (χ3v) is 6.52. The number of ether oxygens (including phenoxy) is 1. The van der Waals surface area contributed by atoms with Crippen LogP contribution >= 0.6 is 8.30 Å².